The predicted octanol–water partition coefficient (Wildman–Crippen LogP) is 3.29. The molecular formula is C12H10Cl2N6. The standard InChI is InChI=1S/C12H10Cl2N6/c1-5-2-7(14)8(3-6(5)13)18-11-9-10(17-4-16-9)19-12(15)20-11/h2-4H,1H3,(H4,15,16,17,18,19,20). The second-order valence-corrected chi connectivity index (χ2v) is 5.05. The van der Waals surface area contributed by atoms with Crippen LogP contribution in [0.5, 0.6) is 0 Å². The van der Waals surface area contributed by atoms with Gasteiger partial charge in [-0.2, -0.15) is 9.97 Å². The Morgan fingerprint density at radius 1 is 1.20 bits per heavy atom. The molecule has 102 valence electrons. The Bertz CT molecular complexity index is 798. The predicted molar refractivity (Wildman–Crippen MR) is 80.6 cm³/mol. The van der Waals surface area contributed by atoms with Gasteiger partial charge >= 0.3 is 0 Å². The highest BCUT2D eigenvalue weighted by Gasteiger charge is 2.11. The lowest BCUT2D eigenvalue weighted by molar-refractivity contribution is 1.21. The molecule has 0 unspecified atom stereocenters. The lowest BCUT2D eigenvalue weighted by Crippen LogP contribution is -2.01. The Labute approximate surface area is 124 Å². The summed E-state index contributed by atoms with van der Waals surface area (Å²) in [5.41, 5.74) is 8.32. The van der Waals surface area contributed by atoms with E-state index in [0.29, 0.717) is 32.7 Å². The Kier molecular flexibility index (Phi) is 3.11. The zero-order chi connectivity index (χ0) is 14.3. The molecule has 0 amide bonds. The molecule has 0 saturated carbocycles. The van der Waals surface area contributed by atoms with Gasteiger partial charge in [0.1, 0.15) is 5.52 Å². The van der Waals surface area contributed by atoms with E-state index >= 15 is 0 Å². The molecule has 0 aliphatic carbocycles. The highest BCUT2D eigenvalue weighted by atomic mass is 35.5. The molecule has 0 aliphatic rings. The van der Waals surface area contributed by atoms with Gasteiger partial charge < -0.3 is 16.0 Å². The number of fused-ring (bicyclic) bond motifs is 1. The van der Waals surface area contributed by atoms with Gasteiger partial charge in [-0.1, -0.05) is 23.2 Å². The fourth-order valence-corrected chi connectivity index (χ4v) is 2.24. The molecule has 20 heavy (non-hydrogen) atoms. The Balaban J connectivity index is 2.09. The number of hydrogen-bond acceptors (Lipinski definition) is 5. The molecule has 0 bridgehead atoms. The molecule has 0 saturated heterocycles. The molecular weight excluding hydrogens is 299 g/mol. The monoisotopic (exact) mass is 308 g/mol. The van der Waals surface area contributed by atoms with E-state index in [-0.39, 0.29) is 5.95 Å². The second kappa shape index (κ2) is 4.81. The minimum absolute atomic E-state index is 0.126. The summed E-state index contributed by atoms with van der Waals surface area (Å²) in [5.74, 6) is 0.619. The van der Waals surface area contributed by atoms with Crippen LogP contribution in [0, 0.1) is 6.92 Å². The van der Waals surface area contributed by atoms with Gasteiger partial charge in [-0.25, -0.2) is 4.98 Å². The van der Waals surface area contributed by atoms with E-state index in [9.17, 15) is 0 Å². The number of aromatic nitrogens is 4. The van der Waals surface area contributed by atoms with Gasteiger partial charge in [0.2, 0.25) is 5.95 Å². The SMILES string of the molecule is Cc1cc(Cl)c(Nc2nc(N)nc3nc[nH]c23)cc1Cl. The molecule has 1 aromatic carbocycles. The summed E-state index contributed by atoms with van der Waals surface area (Å²) >= 11 is 12.3. The van der Waals surface area contributed by atoms with Gasteiger partial charge in [-0.05, 0) is 24.6 Å². The molecule has 0 aliphatic heterocycles. The molecule has 0 fully saturated rings. The first-order chi connectivity index (χ1) is 9.54. The zero-order valence-electron chi connectivity index (χ0n) is 10.4. The van der Waals surface area contributed by atoms with Crippen LogP contribution in [-0.4, -0.2) is 19.9 Å². The molecule has 8 heteroatoms. The Hall–Kier alpha value is -2.05. The molecule has 3 rings (SSSR count). The number of aryl methyl sites for hydroxylation is 1. The molecule has 6 nitrogen and oxygen atoms in total. The highest BCUT2D eigenvalue weighted by Crippen LogP contribution is 2.32. The maximum absolute atomic E-state index is 6.19. The van der Waals surface area contributed by atoms with E-state index in [0.717, 1.165) is 5.56 Å². The fraction of sp³-hybridized carbons (Fsp3) is 0.0833. The van der Waals surface area contributed by atoms with Crippen molar-refractivity contribution in [3.8, 4) is 0 Å². The number of hydrogen-bond donors (Lipinski definition) is 3. The third kappa shape index (κ3) is 2.23. The van der Waals surface area contributed by atoms with Crippen molar-refractivity contribution in [2.24, 2.45) is 0 Å². The van der Waals surface area contributed by atoms with E-state index in [2.05, 4.69) is 25.3 Å². The largest absolute Gasteiger partial charge is 0.368 e. The Morgan fingerprint density at radius 3 is 2.80 bits per heavy atom. The van der Waals surface area contributed by atoms with E-state index in [1.165, 1.54) is 6.33 Å². The van der Waals surface area contributed by atoms with Crippen LogP contribution in [0.15, 0.2) is 18.5 Å². The number of halogens is 2. The van der Waals surface area contributed by atoms with E-state index in [1.807, 2.05) is 6.92 Å². The van der Waals surface area contributed by atoms with Crippen LogP contribution < -0.4 is 11.1 Å². The van der Waals surface area contributed by atoms with E-state index < -0.39 is 0 Å². The van der Waals surface area contributed by atoms with Crippen LogP contribution in [0.25, 0.3) is 11.2 Å². The fourth-order valence-electron chi connectivity index (χ4n) is 1.81. The maximum atomic E-state index is 6.19. The van der Waals surface area contributed by atoms with Crippen molar-refractivity contribution in [1.29, 1.82) is 0 Å². The topological polar surface area (TPSA) is 92.5 Å². The van der Waals surface area contributed by atoms with Crippen molar-refractivity contribution in [3.05, 3.63) is 34.1 Å². The maximum Gasteiger partial charge on any atom is 0.224 e. The van der Waals surface area contributed by atoms with Crippen molar-refractivity contribution in [3.63, 3.8) is 0 Å². The molecule has 4 N–H and O–H groups in total. The van der Waals surface area contributed by atoms with Crippen LogP contribution >= 0.6 is 23.2 Å². The lowest BCUT2D eigenvalue weighted by atomic mass is 10.2. The van der Waals surface area contributed by atoms with Gasteiger partial charge in [0.15, 0.2) is 11.5 Å². The molecule has 0 radical (unpaired) electrons. The van der Waals surface area contributed by atoms with Crippen molar-refractivity contribution in [2.75, 3.05) is 11.1 Å². The van der Waals surface area contributed by atoms with Crippen molar-refractivity contribution in [1.82, 2.24) is 19.9 Å². The number of nitrogens with zero attached hydrogens (tertiary/aromatic N) is 3. The summed E-state index contributed by atoms with van der Waals surface area (Å²) in [6, 6.07) is 3.51. The minimum atomic E-state index is 0.126. The minimum Gasteiger partial charge on any atom is -0.368 e. The molecule has 0 spiro atoms. The highest BCUT2D eigenvalue weighted by molar-refractivity contribution is 6.35. The van der Waals surface area contributed by atoms with Crippen LogP contribution in [-0.2, 0) is 0 Å². The summed E-state index contributed by atoms with van der Waals surface area (Å²) in [7, 11) is 0. The van der Waals surface area contributed by atoms with Gasteiger partial charge in [0, 0.05) is 5.02 Å². The first kappa shape index (κ1) is 13.0. The first-order valence-corrected chi connectivity index (χ1v) is 6.49. The number of nitrogens with two attached hydrogens (primary N) is 1. The van der Waals surface area contributed by atoms with Gasteiger partial charge in [0.25, 0.3) is 0 Å². The number of aromatic amines is 1. The lowest BCUT2D eigenvalue weighted by Gasteiger charge is -2.10. The third-order valence-electron chi connectivity index (χ3n) is 2.80. The molecule has 2 aromatic heterocycles. The quantitative estimate of drug-likeness (QED) is 0.675. The van der Waals surface area contributed by atoms with Crippen LogP contribution in [0.4, 0.5) is 17.5 Å². The van der Waals surface area contributed by atoms with Gasteiger partial charge in [-0.3, -0.25) is 0 Å². The summed E-state index contributed by atoms with van der Waals surface area (Å²) in [6.45, 7) is 1.88. The average Bonchev–Trinajstić information content (AvgIpc) is 2.84. The number of H-pyrrole nitrogens is 1. The zero-order valence-corrected chi connectivity index (χ0v) is 11.9. The normalized spacial score (nSPS) is 10.9. The summed E-state index contributed by atoms with van der Waals surface area (Å²) in [6.07, 6.45) is 1.52. The summed E-state index contributed by atoms with van der Waals surface area (Å²) in [4.78, 5) is 15.2. The smallest absolute Gasteiger partial charge is 0.224 e. The van der Waals surface area contributed by atoms with Crippen molar-refractivity contribution >= 4 is 51.8 Å². The second-order valence-electron chi connectivity index (χ2n) is 4.24. The molecule has 0 atom stereocenters. The van der Waals surface area contributed by atoms with Crippen LogP contribution in [0.3, 0.4) is 0 Å². The number of nitrogen functional groups attached to an aromatic ring is 1. The van der Waals surface area contributed by atoms with E-state index in [4.69, 9.17) is 28.9 Å². The van der Waals surface area contributed by atoms with Crippen molar-refractivity contribution in [2.45, 2.75) is 6.92 Å². The first-order valence-electron chi connectivity index (χ1n) is 5.74. The van der Waals surface area contributed by atoms with Crippen LogP contribution in [0.1, 0.15) is 5.56 Å². The van der Waals surface area contributed by atoms with Crippen molar-refractivity contribution < 1.29 is 0 Å². The number of anilines is 3. The van der Waals surface area contributed by atoms with E-state index in [1.54, 1.807) is 12.1 Å². The number of nitrogens with one attached hydrogen (secondary N) is 2. The number of benzene rings is 1. The van der Waals surface area contributed by atoms with Gasteiger partial charge in [-0.15, -0.1) is 0 Å². The molecule has 2 heterocycles. The average molecular weight is 309 g/mol. The summed E-state index contributed by atoms with van der Waals surface area (Å²) < 4.78 is 0. The third-order valence-corrected chi connectivity index (χ3v) is 3.52. The number of rotatable bonds is 2. The summed E-state index contributed by atoms with van der Waals surface area (Å²) in [5, 5.41) is 4.24. The molecule has 3 aromatic rings. The van der Waals surface area contributed by atoms with Crippen LogP contribution in [0.2, 0.25) is 10.0 Å². The Morgan fingerprint density at radius 2 is 2.00 bits per heavy atom. The number of imidazole rings is 1. The van der Waals surface area contributed by atoms with Gasteiger partial charge in [0.05, 0.1) is 17.0 Å².